The van der Waals surface area contributed by atoms with Gasteiger partial charge in [-0.15, -0.1) is 0 Å². The number of nitro benzene ring substituents is 1. The van der Waals surface area contributed by atoms with Crippen LogP contribution in [-0.4, -0.2) is 4.92 Å². The summed E-state index contributed by atoms with van der Waals surface area (Å²) in [6.07, 6.45) is 0. The first-order valence-electron chi connectivity index (χ1n) is 5.79. The van der Waals surface area contributed by atoms with Crippen molar-refractivity contribution in [1.29, 1.82) is 0 Å². The van der Waals surface area contributed by atoms with Gasteiger partial charge in [0.15, 0.2) is 0 Å². The molecular weight excluding hydrogens is 329 g/mol. The van der Waals surface area contributed by atoms with Crippen molar-refractivity contribution >= 4 is 21.6 Å². The summed E-state index contributed by atoms with van der Waals surface area (Å²) < 4.78 is 19.2. The first-order valence-corrected chi connectivity index (χ1v) is 6.58. The molecule has 0 saturated carbocycles. The number of benzene rings is 2. The van der Waals surface area contributed by atoms with Crippen LogP contribution in [0.4, 0.5) is 10.1 Å². The molecule has 6 heteroatoms. The Morgan fingerprint density at radius 1 is 1.30 bits per heavy atom. The molecule has 0 fully saturated rings. The lowest BCUT2D eigenvalue weighted by Gasteiger charge is -2.10. The van der Waals surface area contributed by atoms with E-state index in [0.717, 1.165) is 5.56 Å². The molecule has 0 N–H and O–H groups in total. The standard InChI is InChI=1S/C14H11BrFNO3/c1-9-6-11(16)3-5-14(9)20-8-10-2-4-12(17(18)19)7-13(10)15/h2-7H,8H2,1H3. The van der Waals surface area contributed by atoms with Gasteiger partial charge in [-0.05, 0) is 36.8 Å². The molecule has 0 saturated heterocycles. The van der Waals surface area contributed by atoms with E-state index in [0.29, 0.717) is 15.8 Å². The number of non-ortho nitro benzene ring substituents is 1. The number of aryl methyl sites for hydroxylation is 1. The Bertz CT molecular complexity index is 661. The SMILES string of the molecule is Cc1cc(F)ccc1OCc1ccc([N+](=O)[O-])cc1Br. The third-order valence-electron chi connectivity index (χ3n) is 2.77. The van der Waals surface area contributed by atoms with E-state index < -0.39 is 4.92 Å². The molecule has 0 unspecified atom stereocenters. The van der Waals surface area contributed by atoms with Crippen molar-refractivity contribution in [3.05, 3.63) is 67.9 Å². The van der Waals surface area contributed by atoms with Crippen molar-refractivity contribution in [3.8, 4) is 5.75 Å². The fourth-order valence-corrected chi connectivity index (χ4v) is 2.18. The zero-order chi connectivity index (χ0) is 14.7. The van der Waals surface area contributed by atoms with Gasteiger partial charge in [0.1, 0.15) is 18.2 Å². The maximum absolute atomic E-state index is 13.0. The molecule has 104 valence electrons. The Labute approximate surface area is 123 Å². The highest BCUT2D eigenvalue weighted by molar-refractivity contribution is 9.10. The van der Waals surface area contributed by atoms with Crippen LogP contribution in [0.25, 0.3) is 0 Å². The topological polar surface area (TPSA) is 52.4 Å². The van der Waals surface area contributed by atoms with Crippen LogP contribution in [0.5, 0.6) is 5.75 Å². The molecule has 0 radical (unpaired) electrons. The van der Waals surface area contributed by atoms with Crippen molar-refractivity contribution in [1.82, 2.24) is 0 Å². The van der Waals surface area contributed by atoms with E-state index in [1.807, 2.05) is 0 Å². The normalized spacial score (nSPS) is 10.3. The second-order valence-corrected chi connectivity index (χ2v) is 5.09. The van der Waals surface area contributed by atoms with Crippen LogP contribution >= 0.6 is 15.9 Å². The van der Waals surface area contributed by atoms with Crippen LogP contribution in [-0.2, 0) is 6.61 Å². The van der Waals surface area contributed by atoms with E-state index in [2.05, 4.69) is 15.9 Å². The Kier molecular flexibility index (Phi) is 4.34. The van der Waals surface area contributed by atoms with E-state index in [9.17, 15) is 14.5 Å². The lowest BCUT2D eigenvalue weighted by molar-refractivity contribution is -0.384. The summed E-state index contributed by atoms with van der Waals surface area (Å²) >= 11 is 3.27. The number of hydrogen-bond donors (Lipinski definition) is 0. The molecule has 2 aromatic carbocycles. The third kappa shape index (κ3) is 3.33. The Hall–Kier alpha value is -1.95. The fraction of sp³-hybridized carbons (Fsp3) is 0.143. The van der Waals surface area contributed by atoms with Crippen molar-refractivity contribution in [2.75, 3.05) is 0 Å². The Balaban J connectivity index is 2.13. The summed E-state index contributed by atoms with van der Waals surface area (Å²) in [5.41, 5.74) is 1.49. The molecule has 0 spiro atoms. The van der Waals surface area contributed by atoms with E-state index in [1.54, 1.807) is 19.1 Å². The van der Waals surface area contributed by atoms with E-state index in [-0.39, 0.29) is 18.1 Å². The van der Waals surface area contributed by atoms with Gasteiger partial charge in [-0.3, -0.25) is 10.1 Å². The van der Waals surface area contributed by atoms with Crippen LogP contribution in [0, 0.1) is 22.9 Å². The zero-order valence-corrected chi connectivity index (χ0v) is 12.2. The predicted molar refractivity (Wildman–Crippen MR) is 76.3 cm³/mol. The number of halogens is 2. The molecule has 0 aliphatic carbocycles. The molecule has 0 aliphatic heterocycles. The van der Waals surface area contributed by atoms with E-state index in [1.165, 1.54) is 24.3 Å². The van der Waals surface area contributed by atoms with Gasteiger partial charge in [0.2, 0.25) is 0 Å². The van der Waals surface area contributed by atoms with E-state index >= 15 is 0 Å². The molecule has 4 nitrogen and oxygen atoms in total. The zero-order valence-electron chi connectivity index (χ0n) is 10.6. The Morgan fingerprint density at radius 2 is 2.05 bits per heavy atom. The molecule has 0 heterocycles. The lowest BCUT2D eigenvalue weighted by Crippen LogP contribution is -1.99. The predicted octanol–water partition coefficient (Wildman–Crippen LogP) is 4.38. The van der Waals surface area contributed by atoms with Gasteiger partial charge in [0, 0.05) is 22.2 Å². The number of hydrogen-bond acceptors (Lipinski definition) is 3. The van der Waals surface area contributed by atoms with Gasteiger partial charge < -0.3 is 4.74 Å². The van der Waals surface area contributed by atoms with Gasteiger partial charge in [0.05, 0.1) is 4.92 Å². The number of rotatable bonds is 4. The fourth-order valence-electron chi connectivity index (χ4n) is 1.70. The maximum atomic E-state index is 13.0. The quantitative estimate of drug-likeness (QED) is 0.613. The highest BCUT2D eigenvalue weighted by Gasteiger charge is 2.10. The summed E-state index contributed by atoms with van der Waals surface area (Å²) in [4.78, 5) is 10.2. The van der Waals surface area contributed by atoms with Crippen molar-refractivity contribution in [2.45, 2.75) is 13.5 Å². The number of ether oxygens (including phenoxy) is 1. The van der Waals surface area contributed by atoms with Gasteiger partial charge in [-0.25, -0.2) is 4.39 Å². The van der Waals surface area contributed by atoms with Crippen LogP contribution < -0.4 is 4.74 Å². The second kappa shape index (κ2) is 6.00. The molecule has 0 amide bonds. The molecule has 2 aromatic rings. The van der Waals surface area contributed by atoms with Gasteiger partial charge in [-0.2, -0.15) is 0 Å². The van der Waals surface area contributed by atoms with Crippen LogP contribution in [0.15, 0.2) is 40.9 Å². The summed E-state index contributed by atoms with van der Waals surface area (Å²) in [6.45, 7) is 1.99. The molecule has 0 bridgehead atoms. The van der Waals surface area contributed by atoms with Crippen molar-refractivity contribution in [3.63, 3.8) is 0 Å². The van der Waals surface area contributed by atoms with Crippen LogP contribution in [0.2, 0.25) is 0 Å². The first-order chi connectivity index (χ1) is 9.47. The minimum Gasteiger partial charge on any atom is -0.489 e. The molecule has 2 rings (SSSR count). The van der Waals surface area contributed by atoms with Gasteiger partial charge in [-0.1, -0.05) is 15.9 Å². The lowest BCUT2D eigenvalue weighted by atomic mass is 10.2. The summed E-state index contributed by atoms with van der Waals surface area (Å²) in [6, 6.07) is 8.75. The van der Waals surface area contributed by atoms with Crippen molar-refractivity contribution < 1.29 is 14.1 Å². The van der Waals surface area contributed by atoms with Crippen LogP contribution in [0.1, 0.15) is 11.1 Å². The third-order valence-corrected chi connectivity index (χ3v) is 3.51. The van der Waals surface area contributed by atoms with Crippen LogP contribution in [0.3, 0.4) is 0 Å². The minimum absolute atomic E-state index is 0.0126. The molecule has 0 aromatic heterocycles. The smallest absolute Gasteiger partial charge is 0.270 e. The molecule has 0 aliphatic rings. The molecule has 0 atom stereocenters. The van der Waals surface area contributed by atoms with Crippen molar-refractivity contribution in [2.24, 2.45) is 0 Å². The average Bonchev–Trinajstić information content (AvgIpc) is 2.38. The summed E-state index contributed by atoms with van der Waals surface area (Å²) in [5.74, 6) is 0.267. The summed E-state index contributed by atoms with van der Waals surface area (Å²) in [5, 5.41) is 10.6. The van der Waals surface area contributed by atoms with Gasteiger partial charge >= 0.3 is 0 Å². The Morgan fingerprint density at radius 3 is 2.65 bits per heavy atom. The maximum Gasteiger partial charge on any atom is 0.270 e. The molecule has 20 heavy (non-hydrogen) atoms. The second-order valence-electron chi connectivity index (χ2n) is 4.23. The molecular formula is C14H11BrFNO3. The number of nitro groups is 1. The number of nitrogens with zero attached hydrogens (tertiary/aromatic N) is 1. The van der Waals surface area contributed by atoms with E-state index in [4.69, 9.17) is 4.74 Å². The largest absolute Gasteiger partial charge is 0.489 e. The average molecular weight is 340 g/mol. The first kappa shape index (κ1) is 14.5. The van der Waals surface area contributed by atoms with Gasteiger partial charge in [0.25, 0.3) is 5.69 Å². The summed E-state index contributed by atoms with van der Waals surface area (Å²) in [7, 11) is 0. The highest BCUT2D eigenvalue weighted by atomic mass is 79.9. The highest BCUT2D eigenvalue weighted by Crippen LogP contribution is 2.25. The minimum atomic E-state index is -0.459. The monoisotopic (exact) mass is 339 g/mol.